The second-order valence-electron chi connectivity index (χ2n) is 7.46. The summed E-state index contributed by atoms with van der Waals surface area (Å²) in [5, 5.41) is 7.47. The number of rotatable bonds is 3. The Bertz CT molecular complexity index is 1160. The molecule has 0 saturated heterocycles. The molecule has 0 unspecified atom stereocenters. The second-order valence-corrected chi connectivity index (χ2v) is 7.46. The molecule has 2 amide bonds. The van der Waals surface area contributed by atoms with Gasteiger partial charge >= 0.3 is 0 Å². The number of amides is 2. The Balaban J connectivity index is 1.79. The zero-order valence-corrected chi connectivity index (χ0v) is 16.1. The van der Waals surface area contributed by atoms with Crippen LogP contribution in [-0.2, 0) is 15.0 Å². The van der Waals surface area contributed by atoms with Gasteiger partial charge in [-0.15, -0.1) is 6.58 Å². The molecule has 2 aromatic carbocycles. The summed E-state index contributed by atoms with van der Waals surface area (Å²) in [6.07, 6.45) is 3.48. The highest BCUT2D eigenvalue weighted by Crippen LogP contribution is 2.53. The van der Waals surface area contributed by atoms with Gasteiger partial charge in [-0.1, -0.05) is 42.5 Å². The Kier molecular flexibility index (Phi) is 3.71. The van der Waals surface area contributed by atoms with Crippen LogP contribution in [0.3, 0.4) is 0 Å². The van der Waals surface area contributed by atoms with Gasteiger partial charge in [0.2, 0.25) is 11.8 Å². The summed E-state index contributed by atoms with van der Waals surface area (Å²) in [5.41, 5.74) is 3.19. The molecule has 0 radical (unpaired) electrons. The summed E-state index contributed by atoms with van der Waals surface area (Å²) in [6.45, 7) is 6.18. The number of nitrogens with one attached hydrogen (secondary N) is 1. The van der Waals surface area contributed by atoms with Crippen LogP contribution in [0.15, 0.2) is 67.4 Å². The Labute approximate surface area is 168 Å². The normalized spacial score (nSPS) is 19.8. The molecule has 3 heterocycles. The lowest BCUT2D eigenvalue weighted by molar-refractivity contribution is -0.126. The zero-order valence-electron chi connectivity index (χ0n) is 16.1. The van der Waals surface area contributed by atoms with Crippen molar-refractivity contribution in [3.05, 3.63) is 84.1 Å². The van der Waals surface area contributed by atoms with E-state index in [1.54, 1.807) is 21.9 Å². The maximum atomic E-state index is 13.8. The maximum absolute atomic E-state index is 13.8. The largest absolute Gasteiger partial charge is 0.310 e. The lowest BCUT2D eigenvalue weighted by atomic mass is 9.71. The first-order valence-corrected chi connectivity index (χ1v) is 9.54. The van der Waals surface area contributed by atoms with Crippen LogP contribution in [0.2, 0.25) is 0 Å². The van der Waals surface area contributed by atoms with E-state index < -0.39 is 5.41 Å². The first-order valence-electron chi connectivity index (χ1n) is 9.54. The van der Waals surface area contributed by atoms with Crippen LogP contribution in [0.4, 0.5) is 11.5 Å². The number of fused-ring (bicyclic) bond motifs is 4. The molecular formula is C23H20N4O2. The summed E-state index contributed by atoms with van der Waals surface area (Å²) in [4.78, 5) is 28.4. The van der Waals surface area contributed by atoms with Crippen molar-refractivity contribution in [1.82, 2.24) is 9.78 Å². The van der Waals surface area contributed by atoms with Gasteiger partial charge in [-0.3, -0.25) is 9.59 Å². The minimum Gasteiger partial charge on any atom is -0.310 e. The summed E-state index contributed by atoms with van der Waals surface area (Å²) in [7, 11) is 0. The van der Waals surface area contributed by atoms with E-state index in [4.69, 9.17) is 0 Å². The van der Waals surface area contributed by atoms with E-state index in [0.29, 0.717) is 12.4 Å². The summed E-state index contributed by atoms with van der Waals surface area (Å²) < 4.78 is 1.69. The van der Waals surface area contributed by atoms with Gasteiger partial charge in [-0.2, -0.15) is 5.10 Å². The van der Waals surface area contributed by atoms with Gasteiger partial charge < -0.3 is 10.2 Å². The Morgan fingerprint density at radius 1 is 1.14 bits per heavy atom. The van der Waals surface area contributed by atoms with E-state index in [-0.39, 0.29) is 18.2 Å². The fraction of sp³-hybridized carbons (Fsp3) is 0.174. The third-order valence-corrected chi connectivity index (χ3v) is 5.80. The van der Waals surface area contributed by atoms with Crippen molar-refractivity contribution in [2.75, 3.05) is 16.8 Å². The average molecular weight is 384 g/mol. The van der Waals surface area contributed by atoms with Crippen LogP contribution < -0.4 is 10.2 Å². The fourth-order valence-electron chi connectivity index (χ4n) is 4.60. The first-order chi connectivity index (χ1) is 14.1. The van der Waals surface area contributed by atoms with Crippen LogP contribution in [0.25, 0.3) is 5.69 Å². The van der Waals surface area contributed by atoms with Crippen molar-refractivity contribution in [2.45, 2.75) is 18.8 Å². The number of carbonyl (C=O) groups is 2. The molecule has 0 fully saturated rings. The minimum atomic E-state index is -1.07. The number of carbonyl (C=O) groups excluding carboxylic acids is 2. The number of para-hydroxylation sites is 2. The third-order valence-electron chi connectivity index (χ3n) is 5.80. The monoisotopic (exact) mass is 384 g/mol. The molecule has 144 valence electrons. The number of aryl methyl sites for hydroxylation is 1. The van der Waals surface area contributed by atoms with Crippen LogP contribution in [-0.4, -0.2) is 28.1 Å². The van der Waals surface area contributed by atoms with E-state index >= 15 is 0 Å². The molecule has 2 aliphatic heterocycles. The predicted octanol–water partition coefficient (Wildman–Crippen LogP) is 3.34. The van der Waals surface area contributed by atoms with Gasteiger partial charge in [0.05, 0.1) is 17.6 Å². The number of aromatic nitrogens is 2. The minimum absolute atomic E-state index is 0.0589. The standard InChI is InChI=1S/C23H20N4O2/c1-3-12-26-20-15(2)8-7-11-17(20)23(22(26)29)13-19(28)25-21-18(23)14-24-27(21)16-9-5-4-6-10-16/h3-11,14H,1,12-13H2,2H3,(H,25,28)/t23-/m1/s1. The Hall–Kier alpha value is -3.67. The topological polar surface area (TPSA) is 67.2 Å². The Morgan fingerprint density at radius 3 is 2.69 bits per heavy atom. The van der Waals surface area contributed by atoms with E-state index in [2.05, 4.69) is 17.0 Å². The molecule has 0 bridgehead atoms. The predicted molar refractivity (Wildman–Crippen MR) is 111 cm³/mol. The highest BCUT2D eigenvalue weighted by Gasteiger charge is 2.57. The van der Waals surface area contributed by atoms with Crippen LogP contribution >= 0.6 is 0 Å². The maximum Gasteiger partial charge on any atom is 0.243 e. The smallest absolute Gasteiger partial charge is 0.243 e. The highest BCUT2D eigenvalue weighted by atomic mass is 16.2. The van der Waals surface area contributed by atoms with E-state index in [9.17, 15) is 9.59 Å². The molecule has 2 aliphatic rings. The van der Waals surface area contributed by atoms with Crippen molar-refractivity contribution < 1.29 is 9.59 Å². The molecule has 1 aromatic heterocycles. The van der Waals surface area contributed by atoms with Gasteiger partial charge in [0.1, 0.15) is 11.2 Å². The number of hydrogen-bond acceptors (Lipinski definition) is 3. The molecule has 5 rings (SSSR count). The quantitative estimate of drug-likeness (QED) is 0.705. The van der Waals surface area contributed by atoms with Gasteiger partial charge in [0, 0.05) is 18.5 Å². The van der Waals surface area contributed by atoms with Gasteiger partial charge in [-0.25, -0.2) is 4.68 Å². The number of hydrogen-bond donors (Lipinski definition) is 1. The Morgan fingerprint density at radius 2 is 1.93 bits per heavy atom. The second kappa shape index (κ2) is 6.17. The lowest BCUT2D eigenvalue weighted by Gasteiger charge is -2.32. The van der Waals surface area contributed by atoms with Crippen molar-refractivity contribution in [2.24, 2.45) is 0 Å². The summed E-state index contributed by atoms with van der Waals surface area (Å²) in [6, 6.07) is 15.5. The SMILES string of the molecule is C=CCN1C(=O)[C@]2(CC(=O)Nc3c2cnn3-c2ccccc2)c2cccc(C)c21. The fourth-order valence-corrected chi connectivity index (χ4v) is 4.60. The molecule has 29 heavy (non-hydrogen) atoms. The number of benzene rings is 2. The van der Waals surface area contributed by atoms with Crippen molar-refractivity contribution >= 4 is 23.3 Å². The lowest BCUT2D eigenvalue weighted by Crippen LogP contribution is -2.46. The number of anilines is 2. The first kappa shape index (κ1) is 17.4. The molecule has 6 heteroatoms. The van der Waals surface area contributed by atoms with Crippen molar-refractivity contribution in [3.8, 4) is 5.69 Å². The molecule has 3 aromatic rings. The van der Waals surface area contributed by atoms with Crippen LogP contribution in [0.5, 0.6) is 0 Å². The molecule has 6 nitrogen and oxygen atoms in total. The third kappa shape index (κ3) is 2.26. The van der Waals surface area contributed by atoms with Gasteiger partial charge in [0.25, 0.3) is 0 Å². The van der Waals surface area contributed by atoms with Crippen molar-refractivity contribution in [1.29, 1.82) is 0 Å². The molecule has 0 aliphatic carbocycles. The zero-order chi connectivity index (χ0) is 20.2. The van der Waals surface area contributed by atoms with Crippen molar-refractivity contribution in [3.63, 3.8) is 0 Å². The molecule has 1 atom stereocenters. The van der Waals surface area contributed by atoms with E-state index in [0.717, 1.165) is 28.1 Å². The molecule has 0 saturated carbocycles. The summed E-state index contributed by atoms with van der Waals surface area (Å²) >= 11 is 0. The molecule has 1 spiro atoms. The van der Waals surface area contributed by atoms with Crippen LogP contribution in [0.1, 0.15) is 23.1 Å². The number of nitrogens with zero attached hydrogens (tertiary/aromatic N) is 3. The summed E-state index contributed by atoms with van der Waals surface area (Å²) in [5.74, 6) is 0.246. The molecule has 1 N–H and O–H groups in total. The average Bonchev–Trinajstić information content (AvgIpc) is 3.24. The van der Waals surface area contributed by atoms with E-state index in [1.165, 1.54) is 0 Å². The highest BCUT2D eigenvalue weighted by molar-refractivity contribution is 6.16. The van der Waals surface area contributed by atoms with Gasteiger partial charge in [-0.05, 0) is 30.2 Å². The molecular weight excluding hydrogens is 364 g/mol. The van der Waals surface area contributed by atoms with E-state index in [1.807, 2.05) is 55.5 Å². The van der Waals surface area contributed by atoms with Gasteiger partial charge in [0.15, 0.2) is 0 Å². The van der Waals surface area contributed by atoms with Crippen LogP contribution in [0, 0.1) is 6.92 Å².